The Labute approximate surface area is 174 Å². The van der Waals surface area contributed by atoms with Crippen LogP contribution in [0.5, 0.6) is 5.75 Å². The van der Waals surface area contributed by atoms with Crippen molar-refractivity contribution in [3.05, 3.63) is 32.2 Å². The molecule has 2 unspecified atom stereocenters. The first-order valence-corrected chi connectivity index (χ1v) is 10.1. The molecule has 170 valence electrons. The largest absolute Gasteiger partial charge is 0.492 e. The van der Waals surface area contributed by atoms with E-state index >= 15 is 4.39 Å². The molecule has 0 bridgehead atoms. The number of anilines is 1. The third-order valence-corrected chi connectivity index (χ3v) is 6.22. The SMILES string of the molecule is COc1c(N2CCC(C(N)CC(F)(F)F)C2)c(F)c(C)c2c(=O)[nH]c(=O)n(C3CC3)c12. The molecule has 1 aromatic heterocycles. The number of rotatable bonds is 5. The van der Waals surface area contributed by atoms with Crippen LogP contribution in [-0.4, -0.2) is 42.0 Å². The maximum absolute atomic E-state index is 15.5. The molecular weight excluding hydrogens is 420 g/mol. The summed E-state index contributed by atoms with van der Waals surface area (Å²) in [6, 6.07) is -1.22. The van der Waals surface area contributed by atoms with Crippen LogP contribution in [0.25, 0.3) is 10.9 Å². The van der Waals surface area contributed by atoms with Crippen LogP contribution >= 0.6 is 0 Å². The van der Waals surface area contributed by atoms with Crippen molar-refractivity contribution in [1.82, 2.24) is 9.55 Å². The van der Waals surface area contributed by atoms with Gasteiger partial charge in [0.1, 0.15) is 11.2 Å². The fourth-order valence-electron chi connectivity index (χ4n) is 4.55. The number of alkyl halides is 3. The first-order valence-electron chi connectivity index (χ1n) is 10.1. The van der Waals surface area contributed by atoms with Crippen molar-refractivity contribution in [2.75, 3.05) is 25.1 Å². The number of aromatic nitrogens is 2. The highest BCUT2D eigenvalue weighted by molar-refractivity contribution is 5.93. The lowest BCUT2D eigenvalue weighted by molar-refractivity contribution is -0.140. The normalized spacial score (nSPS) is 20.5. The fraction of sp³-hybridized carbons (Fsp3) is 0.600. The second-order valence-electron chi connectivity index (χ2n) is 8.38. The molecule has 1 aliphatic carbocycles. The van der Waals surface area contributed by atoms with Gasteiger partial charge in [-0.1, -0.05) is 0 Å². The van der Waals surface area contributed by atoms with Crippen LogP contribution in [0.4, 0.5) is 23.2 Å². The van der Waals surface area contributed by atoms with Gasteiger partial charge in [0.15, 0.2) is 11.6 Å². The lowest BCUT2D eigenvalue weighted by Crippen LogP contribution is -2.37. The minimum absolute atomic E-state index is 0.0362. The summed E-state index contributed by atoms with van der Waals surface area (Å²) >= 11 is 0. The molecule has 2 aromatic rings. The maximum atomic E-state index is 15.5. The quantitative estimate of drug-likeness (QED) is 0.692. The van der Waals surface area contributed by atoms with Gasteiger partial charge in [0.05, 0.1) is 18.9 Å². The van der Waals surface area contributed by atoms with Crippen LogP contribution in [0.15, 0.2) is 9.59 Å². The monoisotopic (exact) mass is 444 g/mol. The van der Waals surface area contributed by atoms with Crippen molar-refractivity contribution in [3.8, 4) is 5.75 Å². The zero-order valence-corrected chi connectivity index (χ0v) is 17.2. The van der Waals surface area contributed by atoms with Gasteiger partial charge < -0.3 is 15.4 Å². The van der Waals surface area contributed by atoms with Crippen LogP contribution in [-0.2, 0) is 0 Å². The van der Waals surface area contributed by atoms with Crippen molar-refractivity contribution < 1.29 is 22.3 Å². The van der Waals surface area contributed by atoms with E-state index in [0.717, 1.165) is 12.8 Å². The number of aryl methyl sites for hydroxylation is 1. The van der Waals surface area contributed by atoms with E-state index in [1.54, 1.807) is 4.90 Å². The van der Waals surface area contributed by atoms with Gasteiger partial charge in [0.2, 0.25) is 0 Å². The summed E-state index contributed by atoms with van der Waals surface area (Å²) in [4.78, 5) is 28.9. The molecule has 7 nitrogen and oxygen atoms in total. The lowest BCUT2D eigenvalue weighted by atomic mass is 9.97. The van der Waals surface area contributed by atoms with Gasteiger partial charge in [-0.15, -0.1) is 0 Å². The molecule has 2 heterocycles. The molecular formula is C20H24F4N4O3. The molecule has 0 amide bonds. The number of fused-ring (bicyclic) bond motifs is 1. The number of aromatic amines is 1. The Balaban J connectivity index is 1.84. The molecule has 1 aliphatic heterocycles. The van der Waals surface area contributed by atoms with Gasteiger partial charge in [-0.25, -0.2) is 9.18 Å². The first-order chi connectivity index (χ1) is 14.5. The number of hydrogen-bond acceptors (Lipinski definition) is 5. The molecule has 2 aliphatic rings. The molecule has 3 N–H and O–H groups in total. The highest BCUT2D eigenvalue weighted by Gasteiger charge is 2.39. The standard InChI is InChI=1S/C20H24F4N4O3/c1-9-13-15(28(11-3-4-11)19(30)26-18(13)29)17(31-2)16(14(9)21)27-6-5-10(8-27)12(25)7-20(22,23)24/h10-12H,3-8,25H2,1-2H3,(H,26,29,30). The van der Waals surface area contributed by atoms with E-state index in [9.17, 15) is 22.8 Å². The van der Waals surface area contributed by atoms with Crippen LogP contribution in [0.2, 0.25) is 0 Å². The van der Waals surface area contributed by atoms with Gasteiger partial charge in [-0.2, -0.15) is 13.2 Å². The topological polar surface area (TPSA) is 93.3 Å². The van der Waals surface area contributed by atoms with Crippen LogP contribution in [0.1, 0.15) is 37.3 Å². The predicted octanol–water partition coefficient (Wildman–Crippen LogP) is 2.59. The summed E-state index contributed by atoms with van der Waals surface area (Å²) < 4.78 is 60.7. The van der Waals surface area contributed by atoms with E-state index in [1.165, 1.54) is 18.6 Å². The average molecular weight is 444 g/mol. The van der Waals surface area contributed by atoms with Gasteiger partial charge in [0.25, 0.3) is 5.56 Å². The first kappa shape index (κ1) is 21.7. The molecule has 2 atom stereocenters. The molecule has 1 saturated heterocycles. The molecule has 2 fully saturated rings. The highest BCUT2D eigenvalue weighted by Crippen LogP contribution is 2.45. The van der Waals surface area contributed by atoms with Crippen molar-refractivity contribution in [1.29, 1.82) is 0 Å². The number of nitrogens with one attached hydrogen (secondary N) is 1. The molecule has 11 heteroatoms. The number of halogens is 4. The molecule has 1 aromatic carbocycles. The molecule has 0 radical (unpaired) electrons. The Bertz CT molecular complexity index is 1140. The van der Waals surface area contributed by atoms with E-state index < -0.39 is 41.6 Å². The number of hydrogen-bond donors (Lipinski definition) is 2. The Hall–Kier alpha value is -2.56. The highest BCUT2D eigenvalue weighted by atomic mass is 19.4. The van der Waals surface area contributed by atoms with Crippen molar-refractivity contribution in [3.63, 3.8) is 0 Å². The van der Waals surface area contributed by atoms with Crippen molar-refractivity contribution in [2.24, 2.45) is 11.7 Å². The number of methoxy groups -OCH3 is 1. The maximum Gasteiger partial charge on any atom is 0.390 e. The minimum atomic E-state index is -4.38. The Kier molecular flexibility index (Phi) is 5.27. The number of ether oxygens (including phenoxy) is 1. The Morgan fingerprint density at radius 3 is 2.52 bits per heavy atom. The summed E-state index contributed by atoms with van der Waals surface area (Å²) in [7, 11) is 1.32. The number of nitrogens with zero attached hydrogens (tertiary/aromatic N) is 2. The molecule has 1 saturated carbocycles. The second kappa shape index (κ2) is 7.54. The van der Waals surface area contributed by atoms with Gasteiger partial charge >= 0.3 is 11.9 Å². The molecule has 31 heavy (non-hydrogen) atoms. The zero-order valence-electron chi connectivity index (χ0n) is 17.2. The van der Waals surface area contributed by atoms with Crippen molar-refractivity contribution >= 4 is 16.6 Å². The summed E-state index contributed by atoms with van der Waals surface area (Å²) in [5.41, 5.74) is 4.81. The molecule has 0 spiro atoms. The Morgan fingerprint density at radius 2 is 1.94 bits per heavy atom. The third kappa shape index (κ3) is 3.79. The Morgan fingerprint density at radius 1 is 1.26 bits per heavy atom. The molecule has 4 rings (SSSR count). The number of nitrogens with two attached hydrogens (primary N) is 1. The van der Waals surface area contributed by atoms with E-state index in [4.69, 9.17) is 10.5 Å². The van der Waals surface area contributed by atoms with Gasteiger partial charge in [0, 0.05) is 30.7 Å². The summed E-state index contributed by atoms with van der Waals surface area (Å²) in [6.07, 6.45) is -3.64. The average Bonchev–Trinajstić information content (AvgIpc) is 3.37. The van der Waals surface area contributed by atoms with Crippen LogP contribution < -0.4 is 26.6 Å². The van der Waals surface area contributed by atoms with Crippen LogP contribution in [0.3, 0.4) is 0 Å². The lowest BCUT2D eigenvalue weighted by Gasteiger charge is -2.26. The summed E-state index contributed by atoms with van der Waals surface area (Å²) in [5.74, 6) is -1.13. The van der Waals surface area contributed by atoms with Gasteiger partial charge in [-0.3, -0.25) is 14.3 Å². The fourth-order valence-corrected chi connectivity index (χ4v) is 4.55. The van der Waals surface area contributed by atoms with Crippen LogP contribution in [0, 0.1) is 18.7 Å². The number of H-pyrrole nitrogens is 1. The summed E-state index contributed by atoms with van der Waals surface area (Å²) in [5, 5.41) is 0.0362. The van der Waals surface area contributed by atoms with E-state index in [1.807, 2.05) is 0 Å². The smallest absolute Gasteiger partial charge is 0.390 e. The van der Waals surface area contributed by atoms with E-state index in [-0.39, 0.29) is 47.0 Å². The second-order valence-corrected chi connectivity index (χ2v) is 8.38. The minimum Gasteiger partial charge on any atom is -0.492 e. The van der Waals surface area contributed by atoms with E-state index in [2.05, 4.69) is 4.98 Å². The van der Waals surface area contributed by atoms with E-state index in [0.29, 0.717) is 6.42 Å². The number of benzene rings is 1. The summed E-state index contributed by atoms with van der Waals surface area (Å²) in [6.45, 7) is 1.85. The van der Waals surface area contributed by atoms with Gasteiger partial charge in [-0.05, 0) is 32.1 Å². The third-order valence-electron chi connectivity index (χ3n) is 6.22. The van der Waals surface area contributed by atoms with Crippen molar-refractivity contribution in [2.45, 2.75) is 50.9 Å². The zero-order chi connectivity index (χ0) is 22.7. The predicted molar refractivity (Wildman–Crippen MR) is 107 cm³/mol.